The molecule has 18 heavy (non-hydrogen) atoms. The molecule has 2 rings (SSSR count). The van der Waals surface area contributed by atoms with E-state index in [2.05, 4.69) is 0 Å². The molecule has 6 heteroatoms. The molecule has 94 valence electrons. The second-order valence-corrected chi connectivity index (χ2v) is 5.86. The van der Waals surface area contributed by atoms with Crippen LogP contribution in [0, 0.1) is 0 Å². The number of hydrogen-bond acceptors (Lipinski definition) is 4. The van der Waals surface area contributed by atoms with E-state index in [1.54, 1.807) is 48.5 Å². The predicted octanol–water partition coefficient (Wildman–Crippen LogP) is 1.20. The van der Waals surface area contributed by atoms with Crippen molar-refractivity contribution in [3.8, 4) is 11.1 Å². The second-order valence-electron chi connectivity index (χ2n) is 3.67. The summed E-state index contributed by atoms with van der Waals surface area (Å²) < 4.78 is 0. The van der Waals surface area contributed by atoms with E-state index in [1.807, 2.05) is 0 Å². The first-order valence-electron chi connectivity index (χ1n) is 5.14. The molecule has 0 radical (unpaired) electrons. The lowest BCUT2D eigenvalue weighted by Crippen LogP contribution is -2.00. The Hall–Kier alpha value is -0.860. The third-order valence-electron chi connectivity index (χ3n) is 2.53. The van der Waals surface area contributed by atoms with Gasteiger partial charge in [0.1, 0.15) is 0 Å². The van der Waals surface area contributed by atoms with E-state index < -0.39 is 16.8 Å². The summed E-state index contributed by atoms with van der Waals surface area (Å²) in [6.07, 6.45) is 0. The fourth-order valence-corrected chi connectivity index (χ4v) is 2.41. The summed E-state index contributed by atoms with van der Waals surface area (Å²) in [6.45, 7) is 0. The Kier molecular flexibility index (Phi) is 4.41. The molecule has 4 N–H and O–H groups in total. The first-order chi connectivity index (χ1) is 8.58. The van der Waals surface area contributed by atoms with Gasteiger partial charge >= 0.3 is 0 Å². The van der Waals surface area contributed by atoms with Gasteiger partial charge in [-0.1, -0.05) is 24.3 Å². The van der Waals surface area contributed by atoms with Gasteiger partial charge in [0, 0.05) is 10.6 Å². The van der Waals surface area contributed by atoms with Crippen molar-refractivity contribution in [3.63, 3.8) is 0 Å². The van der Waals surface area contributed by atoms with Crippen molar-refractivity contribution in [1.82, 2.24) is 0 Å². The lowest BCUT2D eigenvalue weighted by atomic mass is 10.1. The Bertz CT molecular complexity index is 459. The SMILES string of the molecule is OP(O)c1ccc(-c2ccc(P(O)O)cc2)cc1. The minimum atomic E-state index is -2.05. The maximum Gasteiger partial charge on any atom is 0.199 e. The molecule has 0 aromatic heterocycles. The van der Waals surface area contributed by atoms with Crippen molar-refractivity contribution in [1.29, 1.82) is 0 Å². The maximum atomic E-state index is 9.05. The summed E-state index contributed by atoms with van der Waals surface area (Å²) in [6, 6.07) is 13.9. The smallest absolute Gasteiger partial charge is 0.199 e. The van der Waals surface area contributed by atoms with Gasteiger partial charge in [-0.3, -0.25) is 0 Å². The van der Waals surface area contributed by atoms with Crippen LogP contribution >= 0.6 is 16.8 Å². The minimum absolute atomic E-state index is 0.500. The average Bonchev–Trinajstić information content (AvgIpc) is 2.39. The summed E-state index contributed by atoms with van der Waals surface area (Å²) in [7, 11) is -4.11. The standard InChI is InChI=1S/C12H12O4P2/c13-17(14)11-5-1-9(2-6-11)10-3-7-12(8-4-10)18(15)16/h1-8,13-16H. The van der Waals surface area contributed by atoms with Crippen LogP contribution in [0.5, 0.6) is 0 Å². The molecule has 0 spiro atoms. The zero-order chi connectivity index (χ0) is 13.1. The third kappa shape index (κ3) is 3.12. The van der Waals surface area contributed by atoms with Gasteiger partial charge in [0.2, 0.25) is 0 Å². The van der Waals surface area contributed by atoms with Gasteiger partial charge < -0.3 is 19.6 Å². The van der Waals surface area contributed by atoms with E-state index in [1.165, 1.54) is 0 Å². The molecule has 0 saturated heterocycles. The van der Waals surface area contributed by atoms with Crippen LogP contribution in [0.15, 0.2) is 48.5 Å². The molecule has 2 aromatic rings. The van der Waals surface area contributed by atoms with E-state index in [-0.39, 0.29) is 0 Å². The van der Waals surface area contributed by atoms with E-state index in [9.17, 15) is 0 Å². The summed E-state index contributed by atoms with van der Waals surface area (Å²) >= 11 is 0. The average molecular weight is 282 g/mol. The van der Waals surface area contributed by atoms with Gasteiger partial charge in [-0.25, -0.2) is 0 Å². The molecule has 0 atom stereocenters. The molecule has 0 amide bonds. The molecule has 0 aliphatic rings. The zero-order valence-corrected chi connectivity index (χ0v) is 11.1. The van der Waals surface area contributed by atoms with Gasteiger partial charge in [-0.2, -0.15) is 0 Å². The predicted molar refractivity (Wildman–Crippen MR) is 73.9 cm³/mol. The van der Waals surface area contributed by atoms with Gasteiger partial charge in [0.15, 0.2) is 16.8 Å². The number of rotatable bonds is 3. The van der Waals surface area contributed by atoms with Crippen molar-refractivity contribution >= 4 is 27.4 Å². The van der Waals surface area contributed by atoms with Crippen LogP contribution in [0.3, 0.4) is 0 Å². The normalized spacial score (nSPS) is 11.2. The van der Waals surface area contributed by atoms with Gasteiger partial charge in [-0.15, -0.1) is 0 Å². The first-order valence-corrected chi connectivity index (χ1v) is 7.63. The highest BCUT2D eigenvalue weighted by Gasteiger charge is 2.06. The van der Waals surface area contributed by atoms with Gasteiger partial charge in [-0.05, 0) is 35.4 Å². The largest absolute Gasteiger partial charge is 0.347 e. The molecule has 2 aromatic carbocycles. The van der Waals surface area contributed by atoms with Gasteiger partial charge in [0.25, 0.3) is 0 Å². The molecule has 0 bridgehead atoms. The molecule has 0 heterocycles. The van der Waals surface area contributed by atoms with E-state index in [0.717, 1.165) is 11.1 Å². The number of hydrogen-bond donors (Lipinski definition) is 4. The fourth-order valence-electron chi connectivity index (χ4n) is 1.57. The summed E-state index contributed by atoms with van der Waals surface area (Å²) in [5.41, 5.74) is 1.87. The Morgan fingerprint density at radius 1 is 0.500 bits per heavy atom. The van der Waals surface area contributed by atoms with Crippen LogP contribution in [-0.2, 0) is 0 Å². The molecule has 0 saturated carbocycles. The van der Waals surface area contributed by atoms with Gasteiger partial charge in [0.05, 0.1) is 0 Å². The Morgan fingerprint density at radius 2 is 0.778 bits per heavy atom. The summed E-state index contributed by atoms with van der Waals surface area (Å²) in [4.78, 5) is 36.2. The molecule has 0 aliphatic carbocycles. The fraction of sp³-hybridized carbons (Fsp3) is 0. The monoisotopic (exact) mass is 282 g/mol. The maximum absolute atomic E-state index is 9.05. The molecule has 0 unspecified atom stereocenters. The lowest BCUT2D eigenvalue weighted by molar-refractivity contribution is 0.495. The highest BCUT2D eigenvalue weighted by Crippen LogP contribution is 2.26. The molecule has 0 fully saturated rings. The first kappa shape index (κ1) is 13.6. The highest BCUT2D eigenvalue weighted by atomic mass is 31.2. The van der Waals surface area contributed by atoms with Crippen LogP contribution in [0.1, 0.15) is 0 Å². The summed E-state index contributed by atoms with van der Waals surface area (Å²) in [5, 5.41) is 0.999. The van der Waals surface area contributed by atoms with E-state index >= 15 is 0 Å². The lowest BCUT2D eigenvalue weighted by Gasteiger charge is -2.07. The third-order valence-corrected chi connectivity index (χ3v) is 4.05. The van der Waals surface area contributed by atoms with Crippen LogP contribution < -0.4 is 10.6 Å². The highest BCUT2D eigenvalue weighted by molar-refractivity contribution is 7.54. The number of benzene rings is 2. The Morgan fingerprint density at radius 3 is 1.00 bits per heavy atom. The molecule has 4 nitrogen and oxygen atoms in total. The summed E-state index contributed by atoms with van der Waals surface area (Å²) in [5.74, 6) is 0. The van der Waals surface area contributed by atoms with Crippen LogP contribution in [-0.4, -0.2) is 19.6 Å². The quantitative estimate of drug-likeness (QED) is 0.638. The van der Waals surface area contributed by atoms with Crippen molar-refractivity contribution in [2.45, 2.75) is 0 Å². The minimum Gasteiger partial charge on any atom is -0.347 e. The van der Waals surface area contributed by atoms with Crippen LogP contribution in [0.2, 0.25) is 0 Å². The van der Waals surface area contributed by atoms with Crippen LogP contribution in [0.25, 0.3) is 11.1 Å². The Balaban J connectivity index is 2.25. The van der Waals surface area contributed by atoms with E-state index in [0.29, 0.717) is 10.6 Å². The van der Waals surface area contributed by atoms with Crippen molar-refractivity contribution in [3.05, 3.63) is 48.5 Å². The van der Waals surface area contributed by atoms with E-state index in [4.69, 9.17) is 19.6 Å². The van der Waals surface area contributed by atoms with Crippen LogP contribution in [0.4, 0.5) is 0 Å². The molecule has 0 aliphatic heterocycles. The topological polar surface area (TPSA) is 80.9 Å². The van der Waals surface area contributed by atoms with Crippen molar-refractivity contribution < 1.29 is 19.6 Å². The Labute approximate surface area is 107 Å². The zero-order valence-electron chi connectivity index (χ0n) is 9.30. The van der Waals surface area contributed by atoms with Crippen molar-refractivity contribution in [2.75, 3.05) is 0 Å². The van der Waals surface area contributed by atoms with Crippen molar-refractivity contribution in [2.24, 2.45) is 0 Å². The molecular formula is C12H12O4P2. The second kappa shape index (κ2) is 5.85. The molecular weight excluding hydrogens is 270 g/mol.